The van der Waals surface area contributed by atoms with Crippen molar-refractivity contribution in [1.82, 2.24) is 5.32 Å². The molecule has 0 radical (unpaired) electrons. The predicted molar refractivity (Wildman–Crippen MR) is 98.0 cm³/mol. The van der Waals surface area contributed by atoms with Crippen LogP contribution >= 0.6 is 22.6 Å². The predicted octanol–water partition coefficient (Wildman–Crippen LogP) is 4.79. The zero-order valence-electron chi connectivity index (χ0n) is 12.9. The molecule has 3 rings (SSSR count). The van der Waals surface area contributed by atoms with Crippen molar-refractivity contribution in [2.75, 3.05) is 0 Å². The van der Waals surface area contributed by atoms with Crippen LogP contribution in [0.25, 0.3) is 0 Å². The summed E-state index contributed by atoms with van der Waals surface area (Å²) in [6.45, 7) is 4.13. The maximum Gasteiger partial charge on any atom is 0.252 e. The zero-order valence-corrected chi connectivity index (χ0v) is 15.1. The quantitative estimate of drug-likeness (QED) is 0.729. The summed E-state index contributed by atoms with van der Waals surface area (Å²) in [5, 5.41) is 3.26. The molecular formula is C19H20INO. The van der Waals surface area contributed by atoms with Gasteiger partial charge in [-0.1, -0.05) is 42.0 Å². The third kappa shape index (κ3) is 3.35. The van der Waals surface area contributed by atoms with Crippen molar-refractivity contribution in [2.45, 2.75) is 32.7 Å². The first kappa shape index (κ1) is 15.5. The number of aryl methyl sites for hydroxylation is 2. The summed E-state index contributed by atoms with van der Waals surface area (Å²) >= 11 is 2.26. The molecule has 0 heterocycles. The fourth-order valence-electron chi connectivity index (χ4n) is 2.72. The number of halogens is 1. The van der Waals surface area contributed by atoms with Gasteiger partial charge in [-0.25, -0.2) is 0 Å². The molecule has 114 valence electrons. The van der Waals surface area contributed by atoms with Gasteiger partial charge in [-0.05, 0) is 72.4 Å². The summed E-state index contributed by atoms with van der Waals surface area (Å²) < 4.78 is 1.04. The molecule has 0 aromatic heterocycles. The van der Waals surface area contributed by atoms with E-state index in [2.05, 4.69) is 59.1 Å². The van der Waals surface area contributed by atoms with Gasteiger partial charge in [0.15, 0.2) is 0 Å². The van der Waals surface area contributed by atoms with Crippen molar-refractivity contribution < 1.29 is 4.79 Å². The summed E-state index contributed by atoms with van der Waals surface area (Å²) in [4.78, 5) is 12.7. The molecule has 0 bridgehead atoms. The Morgan fingerprint density at radius 2 is 1.82 bits per heavy atom. The second-order valence-corrected chi connectivity index (χ2v) is 7.21. The summed E-state index contributed by atoms with van der Waals surface area (Å²) in [5.41, 5.74) is 4.38. The lowest BCUT2D eigenvalue weighted by Gasteiger charge is -2.20. The van der Waals surface area contributed by atoms with E-state index < -0.39 is 0 Å². The zero-order chi connectivity index (χ0) is 15.7. The van der Waals surface area contributed by atoms with Crippen molar-refractivity contribution in [2.24, 2.45) is 5.92 Å². The first-order valence-corrected chi connectivity index (χ1v) is 8.76. The van der Waals surface area contributed by atoms with Crippen LogP contribution in [0.1, 0.15) is 45.9 Å². The van der Waals surface area contributed by atoms with E-state index in [9.17, 15) is 4.79 Å². The first-order chi connectivity index (χ1) is 10.6. The number of hydrogen-bond donors (Lipinski definition) is 1. The Balaban J connectivity index is 1.83. The fourth-order valence-corrected chi connectivity index (χ4v) is 3.32. The number of amides is 1. The lowest BCUT2D eigenvalue weighted by Crippen LogP contribution is -2.30. The molecule has 1 atom stereocenters. The fraction of sp³-hybridized carbons (Fsp3) is 0.316. The Morgan fingerprint density at radius 1 is 1.14 bits per heavy atom. The SMILES string of the molecule is Cc1ccc(C(NC(=O)c2cccc(C)c2I)C2CC2)cc1. The van der Waals surface area contributed by atoms with E-state index in [-0.39, 0.29) is 11.9 Å². The van der Waals surface area contributed by atoms with Crippen LogP contribution in [0.3, 0.4) is 0 Å². The highest BCUT2D eigenvalue weighted by atomic mass is 127. The Bertz CT molecular complexity index is 689. The molecule has 1 N–H and O–H groups in total. The van der Waals surface area contributed by atoms with Crippen molar-refractivity contribution in [3.05, 3.63) is 68.3 Å². The van der Waals surface area contributed by atoms with Gasteiger partial charge in [0.2, 0.25) is 0 Å². The smallest absolute Gasteiger partial charge is 0.252 e. The molecule has 1 fully saturated rings. The van der Waals surface area contributed by atoms with Gasteiger partial charge in [0, 0.05) is 3.57 Å². The average Bonchev–Trinajstić information content (AvgIpc) is 3.33. The molecule has 1 aliphatic rings. The molecule has 0 spiro atoms. The average molecular weight is 405 g/mol. The molecule has 2 nitrogen and oxygen atoms in total. The Hall–Kier alpha value is -1.36. The highest BCUT2D eigenvalue weighted by Crippen LogP contribution is 2.41. The molecule has 2 aromatic carbocycles. The van der Waals surface area contributed by atoms with E-state index in [0.717, 1.165) is 14.7 Å². The third-order valence-corrected chi connectivity index (χ3v) is 5.68. The van der Waals surface area contributed by atoms with Crippen LogP contribution in [0.2, 0.25) is 0 Å². The monoisotopic (exact) mass is 405 g/mol. The van der Waals surface area contributed by atoms with E-state index in [1.165, 1.54) is 24.0 Å². The van der Waals surface area contributed by atoms with Crippen LogP contribution in [0.15, 0.2) is 42.5 Å². The molecule has 0 saturated heterocycles. The van der Waals surface area contributed by atoms with Gasteiger partial charge in [-0.3, -0.25) is 4.79 Å². The topological polar surface area (TPSA) is 29.1 Å². The van der Waals surface area contributed by atoms with Crippen LogP contribution in [0.4, 0.5) is 0 Å². The molecule has 1 amide bonds. The summed E-state index contributed by atoms with van der Waals surface area (Å²) in [6, 6.07) is 14.5. The second-order valence-electron chi connectivity index (χ2n) is 6.14. The van der Waals surface area contributed by atoms with Crippen molar-refractivity contribution >= 4 is 28.5 Å². The first-order valence-electron chi connectivity index (χ1n) is 7.69. The summed E-state index contributed by atoms with van der Waals surface area (Å²) in [5.74, 6) is 0.611. The molecule has 22 heavy (non-hydrogen) atoms. The molecule has 1 saturated carbocycles. The molecule has 3 heteroatoms. The van der Waals surface area contributed by atoms with Crippen molar-refractivity contribution in [1.29, 1.82) is 0 Å². The maximum atomic E-state index is 12.7. The van der Waals surface area contributed by atoms with Crippen LogP contribution in [0, 0.1) is 23.3 Å². The number of nitrogens with one attached hydrogen (secondary N) is 1. The summed E-state index contributed by atoms with van der Waals surface area (Å²) in [6.07, 6.45) is 2.40. The highest BCUT2D eigenvalue weighted by molar-refractivity contribution is 14.1. The normalized spacial score (nSPS) is 15.4. The molecule has 1 unspecified atom stereocenters. The van der Waals surface area contributed by atoms with Gasteiger partial charge in [0.05, 0.1) is 11.6 Å². The van der Waals surface area contributed by atoms with Crippen LogP contribution < -0.4 is 5.32 Å². The van der Waals surface area contributed by atoms with E-state index in [0.29, 0.717) is 5.92 Å². The van der Waals surface area contributed by atoms with E-state index in [1.807, 2.05) is 25.1 Å². The van der Waals surface area contributed by atoms with Crippen molar-refractivity contribution in [3.8, 4) is 0 Å². The van der Waals surface area contributed by atoms with E-state index in [4.69, 9.17) is 0 Å². The number of rotatable bonds is 4. The standard InChI is InChI=1S/C19H20INO/c1-12-6-8-14(9-7-12)18(15-10-11-15)21-19(22)16-5-3-4-13(2)17(16)20/h3-9,15,18H,10-11H2,1-2H3,(H,21,22). The van der Waals surface area contributed by atoms with Crippen molar-refractivity contribution in [3.63, 3.8) is 0 Å². The second kappa shape index (κ2) is 6.41. The molecule has 1 aliphatic carbocycles. The highest BCUT2D eigenvalue weighted by Gasteiger charge is 2.33. The minimum Gasteiger partial charge on any atom is -0.345 e. The van der Waals surface area contributed by atoms with Crippen LogP contribution in [-0.4, -0.2) is 5.91 Å². The van der Waals surface area contributed by atoms with Crippen LogP contribution in [-0.2, 0) is 0 Å². The van der Waals surface area contributed by atoms with Gasteiger partial charge in [-0.2, -0.15) is 0 Å². The molecular weight excluding hydrogens is 385 g/mol. The minimum atomic E-state index is 0.0329. The van der Waals surface area contributed by atoms with E-state index >= 15 is 0 Å². The third-order valence-electron chi connectivity index (χ3n) is 4.25. The summed E-state index contributed by atoms with van der Waals surface area (Å²) in [7, 11) is 0. The Morgan fingerprint density at radius 3 is 2.45 bits per heavy atom. The van der Waals surface area contributed by atoms with Gasteiger partial charge in [0.1, 0.15) is 0 Å². The Labute approximate surface area is 145 Å². The lowest BCUT2D eigenvalue weighted by molar-refractivity contribution is 0.0930. The van der Waals surface area contributed by atoms with Gasteiger partial charge < -0.3 is 5.32 Å². The number of carbonyl (C=O) groups is 1. The van der Waals surface area contributed by atoms with Gasteiger partial charge >= 0.3 is 0 Å². The Kier molecular flexibility index (Phi) is 4.52. The number of carbonyl (C=O) groups excluding carboxylic acids is 1. The number of hydrogen-bond acceptors (Lipinski definition) is 1. The largest absolute Gasteiger partial charge is 0.345 e. The molecule has 2 aromatic rings. The maximum absolute atomic E-state index is 12.7. The lowest BCUT2D eigenvalue weighted by atomic mass is 10.0. The minimum absolute atomic E-state index is 0.0329. The van der Waals surface area contributed by atoms with Crippen LogP contribution in [0.5, 0.6) is 0 Å². The van der Waals surface area contributed by atoms with Gasteiger partial charge in [0.25, 0.3) is 5.91 Å². The van der Waals surface area contributed by atoms with Gasteiger partial charge in [-0.15, -0.1) is 0 Å². The van der Waals surface area contributed by atoms with E-state index in [1.54, 1.807) is 0 Å². The molecule has 0 aliphatic heterocycles. The number of benzene rings is 2.